The number of unbranched alkanes of at least 4 members (excludes halogenated alkanes) is 1. The van der Waals surface area contributed by atoms with Gasteiger partial charge in [-0.3, -0.25) is 4.79 Å². The molecule has 3 rings (SSSR count). The molecule has 1 amide bonds. The summed E-state index contributed by atoms with van der Waals surface area (Å²) >= 11 is 0. The summed E-state index contributed by atoms with van der Waals surface area (Å²) in [7, 11) is 0. The topological polar surface area (TPSA) is 52.6 Å². The van der Waals surface area contributed by atoms with Crippen molar-refractivity contribution >= 4 is 11.6 Å². The average molecular weight is 477 g/mol. The first-order chi connectivity index (χ1) is 16.1. The molecule has 1 unspecified atom stereocenters. The number of hydrogen-bond acceptors (Lipinski definition) is 3. The summed E-state index contributed by atoms with van der Waals surface area (Å²) in [5, 5.41) is 13.3. The van der Waals surface area contributed by atoms with E-state index in [0.29, 0.717) is 17.9 Å². The van der Waals surface area contributed by atoms with Gasteiger partial charge in [0.25, 0.3) is 0 Å². The van der Waals surface area contributed by atoms with Gasteiger partial charge < -0.3 is 15.3 Å². The van der Waals surface area contributed by atoms with E-state index < -0.39 is 17.8 Å². The molecule has 34 heavy (non-hydrogen) atoms. The number of piperidine rings is 1. The molecule has 7 heteroatoms. The fraction of sp³-hybridized carbons (Fsp3) is 0.519. The highest BCUT2D eigenvalue weighted by molar-refractivity contribution is 5.92. The third-order valence-corrected chi connectivity index (χ3v) is 6.56. The Bertz CT molecular complexity index is 920. The first-order valence-electron chi connectivity index (χ1n) is 12.1. The Labute approximate surface area is 200 Å². The van der Waals surface area contributed by atoms with E-state index >= 15 is 0 Å². The molecule has 1 saturated heterocycles. The van der Waals surface area contributed by atoms with Gasteiger partial charge in [-0.1, -0.05) is 38.1 Å². The molecule has 2 aromatic rings. The van der Waals surface area contributed by atoms with E-state index in [0.717, 1.165) is 63.1 Å². The van der Waals surface area contributed by atoms with Crippen LogP contribution >= 0.6 is 0 Å². The molecule has 186 valence electrons. The third kappa shape index (κ3) is 7.57. The number of anilines is 1. The Kier molecular flexibility index (Phi) is 9.14. The number of nitrogens with zero attached hydrogens (tertiary/aromatic N) is 1. The minimum Gasteiger partial charge on any atom is -0.388 e. The predicted octanol–water partition coefficient (Wildman–Crippen LogP) is 6.38. The van der Waals surface area contributed by atoms with Crippen molar-refractivity contribution in [1.82, 2.24) is 4.90 Å². The summed E-state index contributed by atoms with van der Waals surface area (Å²) in [6, 6.07) is 12.9. The van der Waals surface area contributed by atoms with E-state index in [-0.39, 0.29) is 11.8 Å². The van der Waals surface area contributed by atoms with Gasteiger partial charge >= 0.3 is 6.18 Å². The Morgan fingerprint density at radius 1 is 1.09 bits per heavy atom. The quantitative estimate of drug-likeness (QED) is 0.413. The number of likely N-dealkylation sites (tertiary alicyclic amines) is 1. The molecule has 2 N–H and O–H groups in total. The smallest absolute Gasteiger partial charge is 0.388 e. The average Bonchev–Trinajstić information content (AvgIpc) is 2.81. The number of rotatable bonds is 9. The number of nitrogens with one attached hydrogen (secondary N) is 1. The lowest BCUT2D eigenvalue weighted by Crippen LogP contribution is -2.33. The number of benzene rings is 2. The van der Waals surface area contributed by atoms with Crippen LogP contribution in [0.3, 0.4) is 0 Å². The number of aliphatic hydroxyl groups is 1. The van der Waals surface area contributed by atoms with Crippen molar-refractivity contribution in [2.24, 2.45) is 5.92 Å². The zero-order chi connectivity index (χ0) is 24.7. The minimum atomic E-state index is -4.36. The summed E-state index contributed by atoms with van der Waals surface area (Å²) < 4.78 is 38.0. The number of halogens is 3. The molecule has 1 aliphatic rings. The largest absolute Gasteiger partial charge is 0.416 e. The predicted molar refractivity (Wildman–Crippen MR) is 129 cm³/mol. The molecule has 1 fully saturated rings. The number of carbonyl (C=O) groups is 1. The second-order valence-corrected chi connectivity index (χ2v) is 9.52. The van der Waals surface area contributed by atoms with Crippen molar-refractivity contribution in [3.05, 3.63) is 65.2 Å². The van der Waals surface area contributed by atoms with Crippen molar-refractivity contribution < 1.29 is 23.1 Å². The standard InChI is InChI=1S/C27H35F3N2O2/c1-19(2)26(34)31-24-7-5-6-22(18-24)20-13-16-32(17-14-20)15-4-3-8-25(33)21-9-11-23(12-10-21)27(28,29)30/h5-7,9-12,18-20,25,33H,3-4,8,13-17H2,1-2H3,(H,31,34). The van der Waals surface area contributed by atoms with Crippen molar-refractivity contribution in [2.45, 2.75) is 64.1 Å². The van der Waals surface area contributed by atoms with Crippen LogP contribution in [0.2, 0.25) is 0 Å². The van der Waals surface area contributed by atoms with E-state index in [9.17, 15) is 23.1 Å². The third-order valence-electron chi connectivity index (χ3n) is 6.56. The van der Waals surface area contributed by atoms with Gasteiger partial charge in [-0.25, -0.2) is 0 Å². The molecular formula is C27H35F3N2O2. The van der Waals surface area contributed by atoms with E-state index in [2.05, 4.69) is 22.3 Å². The van der Waals surface area contributed by atoms with Gasteiger partial charge in [0, 0.05) is 11.6 Å². The summed E-state index contributed by atoms with van der Waals surface area (Å²) in [6.07, 6.45) is -0.666. The molecule has 0 radical (unpaired) electrons. The first-order valence-corrected chi connectivity index (χ1v) is 12.1. The maximum Gasteiger partial charge on any atom is 0.416 e. The molecule has 0 saturated carbocycles. The molecule has 4 nitrogen and oxygen atoms in total. The molecule has 1 aliphatic heterocycles. The summed E-state index contributed by atoms with van der Waals surface area (Å²) in [5.74, 6) is 0.451. The lowest BCUT2D eigenvalue weighted by molar-refractivity contribution is -0.137. The van der Waals surface area contributed by atoms with Crippen LogP contribution in [0.1, 0.15) is 74.7 Å². The van der Waals surface area contributed by atoms with Crippen molar-refractivity contribution in [3.63, 3.8) is 0 Å². The maximum atomic E-state index is 12.7. The molecule has 0 spiro atoms. The lowest BCUT2D eigenvalue weighted by atomic mass is 9.89. The fourth-order valence-corrected chi connectivity index (χ4v) is 4.38. The zero-order valence-corrected chi connectivity index (χ0v) is 19.9. The Balaban J connectivity index is 1.38. The van der Waals surface area contributed by atoms with Gasteiger partial charge in [-0.05, 0) is 93.0 Å². The van der Waals surface area contributed by atoms with Gasteiger partial charge in [0.15, 0.2) is 0 Å². The van der Waals surface area contributed by atoms with Crippen molar-refractivity contribution in [1.29, 1.82) is 0 Å². The number of aliphatic hydroxyl groups excluding tert-OH is 1. The Morgan fingerprint density at radius 2 is 1.76 bits per heavy atom. The van der Waals surface area contributed by atoms with E-state index in [1.807, 2.05) is 26.0 Å². The maximum absolute atomic E-state index is 12.7. The fourth-order valence-electron chi connectivity index (χ4n) is 4.38. The van der Waals surface area contributed by atoms with Crippen LogP contribution in [-0.4, -0.2) is 35.5 Å². The van der Waals surface area contributed by atoms with Crippen LogP contribution in [0.4, 0.5) is 18.9 Å². The van der Waals surface area contributed by atoms with E-state index in [4.69, 9.17) is 0 Å². The van der Waals surface area contributed by atoms with Crippen LogP contribution in [0.25, 0.3) is 0 Å². The normalized spacial score (nSPS) is 16.6. The zero-order valence-electron chi connectivity index (χ0n) is 19.9. The van der Waals surface area contributed by atoms with Crippen LogP contribution in [0.5, 0.6) is 0 Å². The van der Waals surface area contributed by atoms with Gasteiger partial charge in [-0.15, -0.1) is 0 Å². The highest BCUT2D eigenvalue weighted by Gasteiger charge is 2.30. The van der Waals surface area contributed by atoms with Crippen LogP contribution in [-0.2, 0) is 11.0 Å². The molecule has 0 bridgehead atoms. The summed E-state index contributed by atoms with van der Waals surface area (Å²) in [4.78, 5) is 14.4. The molecule has 1 heterocycles. The summed E-state index contributed by atoms with van der Waals surface area (Å²) in [5.41, 5.74) is 1.95. The van der Waals surface area contributed by atoms with E-state index in [1.54, 1.807) is 0 Å². The highest BCUT2D eigenvalue weighted by Crippen LogP contribution is 2.31. The SMILES string of the molecule is CC(C)C(=O)Nc1cccc(C2CCN(CCCCC(O)c3ccc(C(F)(F)F)cc3)CC2)c1. The van der Waals surface area contributed by atoms with Gasteiger partial charge in [-0.2, -0.15) is 13.2 Å². The van der Waals surface area contributed by atoms with Gasteiger partial charge in [0.1, 0.15) is 0 Å². The van der Waals surface area contributed by atoms with Gasteiger partial charge in [0.05, 0.1) is 11.7 Å². The van der Waals surface area contributed by atoms with Crippen molar-refractivity contribution in [2.75, 3.05) is 25.0 Å². The van der Waals surface area contributed by atoms with Crippen LogP contribution in [0.15, 0.2) is 48.5 Å². The molecular weight excluding hydrogens is 441 g/mol. The number of carbonyl (C=O) groups excluding carboxylic acids is 1. The molecule has 0 aliphatic carbocycles. The van der Waals surface area contributed by atoms with Crippen molar-refractivity contribution in [3.8, 4) is 0 Å². The van der Waals surface area contributed by atoms with Gasteiger partial charge in [0.2, 0.25) is 5.91 Å². The number of hydrogen-bond donors (Lipinski definition) is 2. The number of amides is 1. The Hall–Kier alpha value is -2.38. The van der Waals surface area contributed by atoms with Crippen LogP contribution < -0.4 is 5.32 Å². The molecule has 0 aromatic heterocycles. The number of alkyl halides is 3. The van der Waals surface area contributed by atoms with Crippen LogP contribution in [0, 0.1) is 5.92 Å². The monoisotopic (exact) mass is 476 g/mol. The second kappa shape index (κ2) is 11.8. The lowest BCUT2D eigenvalue weighted by Gasteiger charge is -2.32. The molecule has 1 atom stereocenters. The molecule has 2 aromatic carbocycles. The first kappa shape index (κ1) is 26.2. The highest BCUT2D eigenvalue weighted by atomic mass is 19.4. The second-order valence-electron chi connectivity index (χ2n) is 9.52. The summed E-state index contributed by atoms with van der Waals surface area (Å²) in [6.45, 7) is 6.73. The Morgan fingerprint density at radius 3 is 2.38 bits per heavy atom. The minimum absolute atomic E-state index is 0.0235. The van der Waals surface area contributed by atoms with E-state index in [1.165, 1.54) is 17.7 Å².